The zero-order valence-corrected chi connectivity index (χ0v) is 16.7. The van der Waals surface area contributed by atoms with E-state index >= 15 is 0 Å². The maximum Gasteiger partial charge on any atom is 0.226 e. The third kappa shape index (κ3) is 5.03. The summed E-state index contributed by atoms with van der Waals surface area (Å²) in [5.74, 6) is 0.963. The first-order chi connectivity index (χ1) is 12.1. The summed E-state index contributed by atoms with van der Waals surface area (Å²) in [6.07, 6.45) is 3.30. The summed E-state index contributed by atoms with van der Waals surface area (Å²) in [6, 6.07) is 5.60. The van der Waals surface area contributed by atoms with Gasteiger partial charge in [-0.3, -0.25) is 4.79 Å². The highest BCUT2D eigenvalue weighted by Gasteiger charge is 2.35. The van der Waals surface area contributed by atoms with Gasteiger partial charge in [-0.05, 0) is 43.9 Å². The molecule has 0 aromatic heterocycles. The van der Waals surface area contributed by atoms with E-state index in [0.717, 1.165) is 30.6 Å². The van der Waals surface area contributed by atoms with Crippen molar-refractivity contribution >= 4 is 29.9 Å². The van der Waals surface area contributed by atoms with Crippen LogP contribution in [0.2, 0.25) is 5.02 Å². The van der Waals surface area contributed by atoms with Crippen LogP contribution in [0, 0.1) is 5.92 Å². The molecule has 1 aromatic carbocycles. The summed E-state index contributed by atoms with van der Waals surface area (Å²) in [4.78, 5) is 15.0. The maximum absolute atomic E-state index is 13.1. The van der Waals surface area contributed by atoms with Crippen molar-refractivity contribution in [2.75, 3.05) is 19.8 Å². The van der Waals surface area contributed by atoms with Crippen LogP contribution in [0.5, 0.6) is 5.75 Å². The Morgan fingerprint density at radius 1 is 1.42 bits per heavy atom. The third-order valence-corrected chi connectivity index (χ3v) is 5.28. The van der Waals surface area contributed by atoms with Crippen molar-refractivity contribution in [2.45, 2.75) is 51.3 Å². The van der Waals surface area contributed by atoms with E-state index in [1.165, 1.54) is 0 Å². The van der Waals surface area contributed by atoms with Crippen molar-refractivity contribution in [1.29, 1.82) is 0 Å². The number of fused-ring (bicyclic) bond motifs is 1. The van der Waals surface area contributed by atoms with Gasteiger partial charge >= 0.3 is 0 Å². The van der Waals surface area contributed by atoms with E-state index in [2.05, 4.69) is 6.92 Å². The molecule has 1 heterocycles. The lowest BCUT2D eigenvalue weighted by molar-refractivity contribution is -0.139. The Labute approximate surface area is 166 Å². The van der Waals surface area contributed by atoms with Crippen molar-refractivity contribution in [3.05, 3.63) is 28.8 Å². The average Bonchev–Trinajstić information content (AvgIpc) is 2.82. The first-order valence-electron chi connectivity index (χ1n) is 9.15. The molecule has 1 amide bonds. The predicted molar refractivity (Wildman–Crippen MR) is 105 cm³/mol. The number of nitrogens with two attached hydrogens (primary N) is 1. The maximum atomic E-state index is 13.1. The molecule has 0 bridgehead atoms. The van der Waals surface area contributed by atoms with Crippen molar-refractivity contribution < 1.29 is 14.3 Å². The highest BCUT2D eigenvalue weighted by molar-refractivity contribution is 6.30. The molecule has 0 radical (unpaired) electrons. The smallest absolute Gasteiger partial charge is 0.226 e. The molecule has 7 heteroatoms. The van der Waals surface area contributed by atoms with E-state index in [4.69, 9.17) is 26.8 Å². The number of carbonyl (C=O) groups is 1. The largest absolute Gasteiger partial charge is 0.491 e. The Kier molecular flexibility index (Phi) is 8.02. The summed E-state index contributed by atoms with van der Waals surface area (Å²) in [7, 11) is 0. The molecule has 0 saturated heterocycles. The fourth-order valence-corrected chi connectivity index (χ4v) is 3.84. The molecule has 1 aliphatic carbocycles. The molecule has 5 nitrogen and oxygen atoms in total. The quantitative estimate of drug-likeness (QED) is 0.837. The fraction of sp³-hybridized carbons (Fsp3) is 0.632. The second-order valence-corrected chi connectivity index (χ2v) is 7.38. The van der Waals surface area contributed by atoms with E-state index < -0.39 is 0 Å². The zero-order chi connectivity index (χ0) is 17.8. The van der Waals surface area contributed by atoms with Crippen molar-refractivity contribution in [3.8, 4) is 5.75 Å². The number of amides is 1. The van der Waals surface area contributed by atoms with Gasteiger partial charge in [0.15, 0.2) is 0 Å². The SMILES string of the molecule is CCCO[C@@H]1C[C@@H](C(=O)N2CCOc3ccc(Cl)cc3C2)CC[C@H]1N.Cl. The van der Waals surface area contributed by atoms with Gasteiger partial charge in [-0.2, -0.15) is 0 Å². The molecule has 3 atom stereocenters. The molecule has 2 aliphatic rings. The topological polar surface area (TPSA) is 64.8 Å². The summed E-state index contributed by atoms with van der Waals surface area (Å²) in [5.41, 5.74) is 7.14. The number of carbonyl (C=O) groups excluding carboxylic acids is 1. The molecule has 3 rings (SSSR count). The van der Waals surface area contributed by atoms with Crippen LogP contribution in [0.25, 0.3) is 0 Å². The van der Waals surface area contributed by atoms with Crippen LogP contribution in [-0.2, 0) is 16.1 Å². The summed E-state index contributed by atoms with van der Waals surface area (Å²) in [6.45, 7) is 4.41. The normalized spacial score (nSPS) is 25.5. The Bertz CT molecular complexity index is 614. The van der Waals surface area contributed by atoms with Crippen LogP contribution in [0.4, 0.5) is 0 Å². The monoisotopic (exact) mass is 402 g/mol. The van der Waals surface area contributed by atoms with E-state index in [1.807, 2.05) is 23.1 Å². The van der Waals surface area contributed by atoms with Crippen LogP contribution < -0.4 is 10.5 Å². The van der Waals surface area contributed by atoms with Gasteiger partial charge in [0.05, 0.1) is 12.6 Å². The van der Waals surface area contributed by atoms with Gasteiger partial charge in [-0.1, -0.05) is 18.5 Å². The summed E-state index contributed by atoms with van der Waals surface area (Å²) >= 11 is 6.10. The highest BCUT2D eigenvalue weighted by atomic mass is 35.5. The summed E-state index contributed by atoms with van der Waals surface area (Å²) in [5, 5.41) is 0.660. The lowest BCUT2D eigenvalue weighted by Gasteiger charge is -2.35. The van der Waals surface area contributed by atoms with Gasteiger partial charge in [-0.25, -0.2) is 0 Å². The summed E-state index contributed by atoms with van der Waals surface area (Å²) < 4.78 is 11.6. The molecule has 2 N–H and O–H groups in total. The van der Waals surface area contributed by atoms with Crippen LogP contribution in [0.15, 0.2) is 18.2 Å². The highest BCUT2D eigenvalue weighted by Crippen LogP contribution is 2.31. The number of hydrogen-bond acceptors (Lipinski definition) is 4. The fourth-order valence-electron chi connectivity index (χ4n) is 3.65. The Morgan fingerprint density at radius 2 is 2.23 bits per heavy atom. The van der Waals surface area contributed by atoms with E-state index in [1.54, 1.807) is 0 Å². The van der Waals surface area contributed by atoms with Gasteiger partial charge in [0, 0.05) is 35.7 Å². The molecular formula is C19H28Cl2N2O3. The molecule has 1 aromatic rings. The second-order valence-electron chi connectivity index (χ2n) is 6.94. The lowest BCUT2D eigenvalue weighted by Crippen LogP contribution is -2.47. The molecular weight excluding hydrogens is 375 g/mol. The Morgan fingerprint density at radius 3 is 3.00 bits per heavy atom. The first-order valence-corrected chi connectivity index (χ1v) is 9.53. The van der Waals surface area contributed by atoms with Crippen LogP contribution in [-0.4, -0.2) is 42.7 Å². The minimum Gasteiger partial charge on any atom is -0.491 e. The van der Waals surface area contributed by atoms with Gasteiger partial charge < -0.3 is 20.1 Å². The third-order valence-electron chi connectivity index (χ3n) is 5.04. The van der Waals surface area contributed by atoms with Gasteiger partial charge in [0.2, 0.25) is 5.91 Å². The number of benzene rings is 1. The standard InChI is InChI=1S/C19H27ClN2O3.ClH/c1-2-8-24-18-11-13(3-5-16(18)21)19(23)22-7-9-25-17-6-4-15(20)10-14(17)12-22;/h4,6,10,13,16,18H,2-3,5,7-9,11-12,21H2,1H3;1H/t13-,16+,18+;/m0./s1. The molecule has 1 saturated carbocycles. The number of halogens is 2. The van der Waals surface area contributed by atoms with Crippen molar-refractivity contribution in [3.63, 3.8) is 0 Å². The number of hydrogen-bond donors (Lipinski definition) is 1. The van der Waals surface area contributed by atoms with Crippen LogP contribution in [0.3, 0.4) is 0 Å². The number of rotatable bonds is 4. The molecule has 1 fully saturated rings. The lowest BCUT2D eigenvalue weighted by atomic mass is 9.83. The van der Waals surface area contributed by atoms with E-state index in [0.29, 0.717) is 37.7 Å². The second kappa shape index (κ2) is 9.79. The van der Waals surface area contributed by atoms with Crippen molar-refractivity contribution in [2.24, 2.45) is 11.7 Å². The minimum atomic E-state index is -0.0256. The number of ether oxygens (including phenoxy) is 2. The van der Waals surface area contributed by atoms with E-state index in [-0.39, 0.29) is 36.4 Å². The van der Waals surface area contributed by atoms with Gasteiger partial charge in [0.1, 0.15) is 12.4 Å². The van der Waals surface area contributed by atoms with Gasteiger partial charge in [-0.15, -0.1) is 12.4 Å². The molecule has 146 valence electrons. The molecule has 26 heavy (non-hydrogen) atoms. The molecule has 1 aliphatic heterocycles. The van der Waals surface area contributed by atoms with Crippen molar-refractivity contribution in [1.82, 2.24) is 4.90 Å². The van der Waals surface area contributed by atoms with Crippen LogP contribution in [0.1, 0.15) is 38.2 Å². The predicted octanol–water partition coefficient (Wildman–Crippen LogP) is 3.41. The molecule has 0 spiro atoms. The van der Waals surface area contributed by atoms with Gasteiger partial charge in [0.25, 0.3) is 0 Å². The first kappa shape index (κ1) is 21.3. The zero-order valence-electron chi connectivity index (χ0n) is 15.2. The van der Waals surface area contributed by atoms with Crippen LogP contribution >= 0.6 is 24.0 Å². The Balaban J connectivity index is 0.00000243. The Hall–Kier alpha value is -1.01. The minimum absolute atomic E-state index is 0. The number of nitrogens with zero attached hydrogens (tertiary/aromatic N) is 1. The van der Waals surface area contributed by atoms with E-state index in [9.17, 15) is 4.79 Å². The average molecular weight is 403 g/mol. The molecule has 0 unspecified atom stereocenters.